The maximum absolute atomic E-state index is 5.03. The zero-order valence-electron chi connectivity index (χ0n) is 12.9. The summed E-state index contributed by atoms with van der Waals surface area (Å²) in [5.41, 5.74) is 3.37. The lowest BCUT2D eigenvalue weighted by Crippen LogP contribution is -2.55. The largest absolute Gasteiger partial charge is 0.246 e. The van der Waals surface area contributed by atoms with Crippen molar-refractivity contribution in [3.63, 3.8) is 0 Å². The number of hydrogen-bond acceptors (Lipinski definition) is 2. The maximum atomic E-state index is 5.03. The Morgan fingerprint density at radius 2 is 1.42 bits per heavy atom. The highest BCUT2D eigenvalue weighted by Gasteiger charge is 2.47. The Labute approximate surface area is 122 Å². The van der Waals surface area contributed by atoms with Gasteiger partial charge in [0.1, 0.15) is 8.07 Å². The van der Waals surface area contributed by atoms with Crippen molar-refractivity contribution in [2.24, 2.45) is 0 Å². The van der Waals surface area contributed by atoms with E-state index in [0.717, 1.165) is 16.6 Å². The average Bonchev–Trinajstić information content (AvgIpc) is 2.71. The smallest absolute Gasteiger partial charge is 0.131 e. The number of rotatable bonds is 4. The predicted molar refractivity (Wildman–Crippen MR) is 90.3 cm³/mol. The van der Waals surface area contributed by atoms with E-state index in [1.807, 2.05) is 11.3 Å². The molecule has 0 saturated heterocycles. The molecular weight excluding hydrogens is 266 g/mol. The Morgan fingerprint density at radius 3 is 1.89 bits per heavy atom. The first kappa shape index (κ1) is 14.7. The molecule has 1 aromatic heterocycles. The normalized spacial score (nSPS) is 13.1. The van der Waals surface area contributed by atoms with Crippen LogP contribution in [-0.2, 0) is 0 Å². The lowest BCUT2D eigenvalue weighted by atomic mass is 10.3. The highest BCUT2D eigenvalue weighted by atomic mass is 32.1. The third-order valence-electron chi connectivity index (χ3n) is 4.53. The van der Waals surface area contributed by atoms with E-state index in [0.29, 0.717) is 0 Å². The van der Waals surface area contributed by atoms with Crippen LogP contribution < -0.4 is 4.63 Å². The molecule has 1 heterocycles. The van der Waals surface area contributed by atoms with Crippen LogP contribution in [0, 0.1) is 0 Å². The number of fused-ring (bicyclic) bond motifs is 1. The van der Waals surface area contributed by atoms with Crippen molar-refractivity contribution in [1.29, 1.82) is 0 Å². The van der Waals surface area contributed by atoms with Gasteiger partial charge in [-0.3, -0.25) is 0 Å². The van der Waals surface area contributed by atoms with Gasteiger partial charge in [0.25, 0.3) is 0 Å². The van der Waals surface area contributed by atoms with Gasteiger partial charge in [0.15, 0.2) is 0 Å². The van der Waals surface area contributed by atoms with Crippen LogP contribution in [0.3, 0.4) is 0 Å². The van der Waals surface area contributed by atoms with E-state index in [1.54, 1.807) is 0 Å². The fourth-order valence-corrected chi connectivity index (χ4v) is 13.5. The zero-order chi connectivity index (χ0) is 14.2. The topological polar surface area (TPSA) is 12.9 Å². The molecule has 1 aromatic carbocycles. The Balaban J connectivity index is 2.66. The fourth-order valence-electron chi connectivity index (χ4n) is 3.80. The van der Waals surface area contributed by atoms with Gasteiger partial charge in [0.2, 0.25) is 0 Å². The standard InChI is InChI=1S/C16H25NSSi/c1-11(2)19(12(3)4,13(5)6)16-17-14-9-7-8-10-15(14)18-16/h7-13H,1-6H3. The third kappa shape index (κ3) is 2.27. The Hall–Kier alpha value is -0.673. The molecule has 0 aliphatic rings. The molecule has 0 amide bonds. The van der Waals surface area contributed by atoms with E-state index in [4.69, 9.17) is 4.98 Å². The number of nitrogens with zero attached hydrogens (tertiary/aromatic N) is 1. The van der Waals surface area contributed by atoms with Crippen molar-refractivity contribution in [2.45, 2.75) is 58.2 Å². The predicted octanol–water partition coefficient (Wildman–Crippen LogP) is 5.18. The molecule has 0 aliphatic heterocycles. The van der Waals surface area contributed by atoms with E-state index in [2.05, 4.69) is 65.8 Å². The van der Waals surface area contributed by atoms with Crippen LogP contribution in [0.4, 0.5) is 0 Å². The Bertz CT molecular complexity index is 502. The van der Waals surface area contributed by atoms with Crippen LogP contribution in [0.25, 0.3) is 10.2 Å². The first-order valence-corrected chi connectivity index (χ1v) is 10.3. The molecule has 2 rings (SSSR count). The highest BCUT2D eigenvalue weighted by Crippen LogP contribution is 2.42. The summed E-state index contributed by atoms with van der Waals surface area (Å²) >= 11 is 1.94. The number of para-hydroxylation sites is 1. The van der Waals surface area contributed by atoms with Gasteiger partial charge in [-0.2, -0.15) is 0 Å². The molecule has 0 bridgehead atoms. The Kier molecular flexibility index (Phi) is 4.16. The molecule has 0 N–H and O–H groups in total. The van der Waals surface area contributed by atoms with Gasteiger partial charge in [-0.05, 0) is 28.8 Å². The van der Waals surface area contributed by atoms with Crippen LogP contribution in [0.2, 0.25) is 16.6 Å². The van der Waals surface area contributed by atoms with Crippen LogP contribution in [-0.4, -0.2) is 13.1 Å². The molecule has 0 aliphatic carbocycles. The van der Waals surface area contributed by atoms with Gasteiger partial charge in [0, 0.05) is 0 Å². The van der Waals surface area contributed by atoms with Crippen molar-refractivity contribution >= 4 is 34.3 Å². The van der Waals surface area contributed by atoms with Crippen molar-refractivity contribution in [3.8, 4) is 0 Å². The summed E-state index contributed by atoms with van der Waals surface area (Å²) in [6.07, 6.45) is 0. The first-order valence-electron chi connectivity index (χ1n) is 7.26. The quantitative estimate of drug-likeness (QED) is 0.707. The molecule has 0 unspecified atom stereocenters. The Morgan fingerprint density at radius 1 is 0.895 bits per heavy atom. The molecule has 3 heteroatoms. The van der Waals surface area contributed by atoms with Gasteiger partial charge in [-0.15, -0.1) is 11.3 Å². The van der Waals surface area contributed by atoms with Crippen LogP contribution >= 0.6 is 11.3 Å². The fraction of sp³-hybridized carbons (Fsp3) is 0.562. The van der Waals surface area contributed by atoms with Gasteiger partial charge in [-0.25, -0.2) is 4.98 Å². The molecule has 0 radical (unpaired) electrons. The summed E-state index contributed by atoms with van der Waals surface area (Å²) in [4.78, 5) is 5.03. The van der Waals surface area contributed by atoms with Gasteiger partial charge in [0.05, 0.1) is 14.8 Å². The SMILES string of the molecule is CC(C)[Si](c1nc2ccccc2s1)(C(C)C)C(C)C. The summed E-state index contributed by atoms with van der Waals surface area (Å²) < 4.78 is 2.80. The van der Waals surface area contributed by atoms with Gasteiger partial charge >= 0.3 is 0 Å². The van der Waals surface area contributed by atoms with Crippen LogP contribution in [0.5, 0.6) is 0 Å². The second kappa shape index (κ2) is 5.37. The minimum absolute atomic E-state index is 0.730. The van der Waals surface area contributed by atoms with E-state index in [-0.39, 0.29) is 0 Å². The summed E-state index contributed by atoms with van der Waals surface area (Å²) in [5, 5.41) is 0. The lowest BCUT2D eigenvalue weighted by Gasteiger charge is -2.41. The highest BCUT2D eigenvalue weighted by molar-refractivity contribution is 7.31. The number of hydrogen-bond donors (Lipinski definition) is 0. The van der Waals surface area contributed by atoms with Crippen molar-refractivity contribution in [3.05, 3.63) is 24.3 Å². The van der Waals surface area contributed by atoms with Crippen molar-refractivity contribution in [1.82, 2.24) is 4.98 Å². The summed E-state index contributed by atoms with van der Waals surface area (Å²) in [6, 6.07) is 8.56. The number of benzene rings is 1. The molecule has 104 valence electrons. The first-order chi connectivity index (χ1) is 8.90. The zero-order valence-corrected chi connectivity index (χ0v) is 14.7. The van der Waals surface area contributed by atoms with E-state index >= 15 is 0 Å². The molecule has 2 aromatic rings. The minimum Gasteiger partial charge on any atom is -0.246 e. The summed E-state index contributed by atoms with van der Waals surface area (Å²) in [6.45, 7) is 14.4. The van der Waals surface area contributed by atoms with Gasteiger partial charge in [-0.1, -0.05) is 53.7 Å². The van der Waals surface area contributed by atoms with Crippen LogP contribution in [0.15, 0.2) is 24.3 Å². The number of thiazole rings is 1. The van der Waals surface area contributed by atoms with E-state index in [1.165, 1.54) is 14.8 Å². The summed E-state index contributed by atoms with van der Waals surface area (Å²) in [7, 11) is -1.58. The number of aromatic nitrogens is 1. The molecule has 0 spiro atoms. The van der Waals surface area contributed by atoms with Crippen molar-refractivity contribution in [2.75, 3.05) is 0 Å². The lowest BCUT2D eigenvalue weighted by molar-refractivity contribution is 0.834. The second-order valence-electron chi connectivity index (χ2n) is 6.38. The molecule has 0 fully saturated rings. The molecular formula is C16H25NSSi. The molecule has 0 atom stereocenters. The molecule has 19 heavy (non-hydrogen) atoms. The molecule has 1 nitrogen and oxygen atoms in total. The van der Waals surface area contributed by atoms with E-state index in [9.17, 15) is 0 Å². The maximum Gasteiger partial charge on any atom is 0.131 e. The molecule has 0 saturated carbocycles. The van der Waals surface area contributed by atoms with Crippen molar-refractivity contribution < 1.29 is 0 Å². The van der Waals surface area contributed by atoms with E-state index < -0.39 is 8.07 Å². The van der Waals surface area contributed by atoms with Gasteiger partial charge < -0.3 is 0 Å². The monoisotopic (exact) mass is 291 g/mol. The van der Waals surface area contributed by atoms with Crippen LogP contribution in [0.1, 0.15) is 41.5 Å². The third-order valence-corrected chi connectivity index (χ3v) is 13.3. The second-order valence-corrected chi connectivity index (χ2v) is 13.6. The average molecular weight is 292 g/mol. The minimum atomic E-state index is -1.58. The summed E-state index contributed by atoms with van der Waals surface area (Å²) in [5.74, 6) is 0.